The van der Waals surface area contributed by atoms with Crippen molar-refractivity contribution in [2.75, 3.05) is 19.6 Å². The van der Waals surface area contributed by atoms with Gasteiger partial charge in [-0.2, -0.15) is 0 Å². The highest BCUT2D eigenvalue weighted by molar-refractivity contribution is 7.09. The van der Waals surface area contributed by atoms with E-state index in [-0.39, 0.29) is 0 Å². The van der Waals surface area contributed by atoms with E-state index in [2.05, 4.69) is 27.5 Å². The summed E-state index contributed by atoms with van der Waals surface area (Å²) < 4.78 is 0. The van der Waals surface area contributed by atoms with Crippen LogP contribution in [0.3, 0.4) is 0 Å². The average Bonchev–Trinajstić information content (AvgIpc) is 3.07. The molecule has 2 fully saturated rings. The van der Waals surface area contributed by atoms with E-state index in [1.54, 1.807) is 11.3 Å². The van der Waals surface area contributed by atoms with E-state index in [1.165, 1.54) is 63.2 Å². The highest BCUT2D eigenvalue weighted by Gasteiger charge is 2.31. The maximum Gasteiger partial charge on any atom is 0.0937 e. The first kappa shape index (κ1) is 15.4. The molecule has 1 saturated carbocycles. The van der Waals surface area contributed by atoms with E-state index in [0.717, 1.165) is 18.4 Å². The molecule has 1 N–H and O–H groups in total. The zero-order valence-corrected chi connectivity index (χ0v) is 14.1. The van der Waals surface area contributed by atoms with E-state index in [4.69, 9.17) is 0 Å². The third-order valence-electron chi connectivity index (χ3n) is 5.35. The molecule has 2 atom stereocenters. The Bertz CT molecular complexity index is 400. The molecule has 2 unspecified atom stereocenters. The smallest absolute Gasteiger partial charge is 0.0937 e. The Morgan fingerprint density at radius 1 is 1.33 bits per heavy atom. The quantitative estimate of drug-likeness (QED) is 0.904. The predicted molar refractivity (Wildman–Crippen MR) is 89.8 cm³/mol. The molecule has 0 radical (unpaired) electrons. The van der Waals surface area contributed by atoms with Gasteiger partial charge in [-0.25, -0.2) is 4.98 Å². The molecule has 1 aliphatic heterocycles. The SMILES string of the molecule is CCC1CNC(C2CCCCC2)CN1CCc1nccs1. The van der Waals surface area contributed by atoms with Gasteiger partial charge < -0.3 is 5.32 Å². The Hall–Kier alpha value is -0.450. The van der Waals surface area contributed by atoms with Crippen molar-refractivity contribution < 1.29 is 0 Å². The van der Waals surface area contributed by atoms with Crippen LogP contribution in [0.1, 0.15) is 50.5 Å². The molecule has 1 aliphatic carbocycles. The molecule has 118 valence electrons. The zero-order chi connectivity index (χ0) is 14.5. The maximum atomic E-state index is 4.44. The lowest BCUT2D eigenvalue weighted by atomic mass is 9.82. The number of rotatable bonds is 5. The fourth-order valence-corrected chi connectivity index (χ4v) is 4.64. The summed E-state index contributed by atoms with van der Waals surface area (Å²) in [6.07, 6.45) is 11.5. The van der Waals surface area contributed by atoms with Crippen LogP contribution in [0.4, 0.5) is 0 Å². The highest BCUT2D eigenvalue weighted by atomic mass is 32.1. The van der Waals surface area contributed by atoms with E-state index in [1.807, 2.05) is 6.20 Å². The largest absolute Gasteiger partial charge is 0.311 e. The van der Waals surface area contributed by atoms with Gasteiger partial charge in [0.1, 0.15) is 0 Å². The van der Waals surface area contributed by atoms with Gasteiger partial charge in [0.25, 0.3) is 0 Å². The van der Waals surface area contributed by atoms with E-state index >= 15 is 0 Å². The fraction of sp³-hybridized carbons (Fsp3) is 0.824. The van der Waals surface area contributed by atoms with Crippen molar-refractivity contribution in [2.24, 2.45) is 5.92 Å². The number of hydrogen-bond acceptors (Lipinski definition) is 4. The van der Waals surface area contributed by atoms with Crippen LogP contribution in [0.25, 0.3) is 0 Å². The van der Waals surface area contributed by atoms with Crippen LogP contribution in [-0.4, -0.2) is 41.6 Å². The van der Waals surface area contributed by atoms with Gasteiger partial charge in [-0.15, -0.1) is 11.3 Å². The second-order valence-electron chi connectivity index (χ2n) is 6.65. The topological polar surface area (TPSA) is 28.2 Å². The van der Waals surface area contributed by atoms with Crippen LogP contribution in [0.2, 0.25) is 0 Å². The van der Waals surface area contributed by atoms with Crippen LogP contribution in [0.15, 0.2) is 11.6 Å². The van der Waals surface area contributed by atoms with Gasteiger partial charge >= 0.3 is 0 Å². The van der Waals surface area contributed by atoms with E-state index < -0.39 is 0 Å². The number of aromatic nitrogens is 1. The molecular formula is C17H29N3S. The lowest BCUT2D eigenvalue weighted by Crippen LogP contribution is -2.59. The molecule has 21 heavy (non-hydrogen) atoms. The fourth-order valence-electron chi connectivity index (χ4n) is 4.03. The first-order chi connectivity index (χ1) is 10.4. The lowest BCUT2D eigenvalue weighted by Gasteiger charge is -2.43. The molecule has 1 aromatic heterocycles. The van der Waals surface area contributed by atoms with Crippen molar-refractivity contribution in [3.8, 4) is 0 Å². The zero-order valence-electron chi connectivity index (χ0n) is 13.3. The Labute approximate surface area is 133 Å². The van der Waals surface area contributed by atoms with E-state index in [0.29, 0.717) is 6.04 Å². The molecule has 4 heteroatoms. The molecule has 0 spiro atoms. The average molecular weight is 308 g/mol. The summed E-state index contributed by atoms with van der Waals surface area (Å²) in [4.78, 5) is 7.17. The third-order valence-corrected chi connectivity index (χ3v) is 6.19. The number of thiazole rings is 1. The van der Waals surface area contributed by atoms with Gasteiger partial charge in [0.15, 0.2) is 0 Å². The normalized spacial score (nSPS) is 28.8. The highest BCUT2D eigenvalue weighted by Crippen LogP contribution is 2.28. The maximum absolute atomic E-state index is 4.44. The van der Waals surface area contributed by atoms with Crippen LogP contribution in [0, 0.1) is 5.92 Å². The molecule has 3 nitrogen and oxygen atoms in total. The van der Waals surface area contributed by atoms with Crippen LogP contribution in [0.5, 0.6) is 0 Å². The number of nitrogens with zero attached hydrogens (tertiary/aromatic N) is 2. The van der Waals surface area contributed by atoms with Crippen molar-refractivity contribution in [1.82, 2.24) is 15.2 Å². The number of piperazine rings is 1. The standard InChI is InChI=1S/C17H29N3S/c1-2-15-12-19-16(14-6-4-3-5-7-14)13-20(15)10-8-17-18-9-11-21-17/h9,11,14-16,19H,2-8,10,12-13H2,1H3. The van der Waals surface area contributed by atoms with Crippen molar-refractivity contribution in [2.45, 2.75) is 64.0 Å². The molecule has 0 aromatic carbocycles. The second kappa shape index (κ2) is 7.70. The molecule has 1 saturated heterocycles. The van der Waals surface area contributed by atoms with Gasteiger partial charge in [0.2, 0.25) is 0 Å². The molecule has 3 rings (SSSR count). The minimum absolute atomic E-state index is 0.713. The minimum Gasteiger partial charge on any atom is -0.311 e. The Morgan fingerprint density at radius 3 is 2.90 bits per heavy atom. The second-order valence-corrected chi connectivity index (χ2v) is 7.62. The molecule has 0 bridgehead atoms. The summed E-state index contributed by atoms with van der Waals surface area (Å²) in [5.74, 6) is 0.916. The summed E-state index contributed by atoms with van der Waals surface area (Å²) in [5, 5.41) is 7.24. The van der Waals surface area contributed by atoms with Crippen molar-refractivity contribution in [3.63, 3.8) is 0 Å². The molecule has 0 amide bonds. The summed E-state index contributed by atoms with van der Waals surface area (Å²) in [5.41, 5.74) is 0. The van der Waals surface area contributed by atoms with Gasteiger partial charge in [-0.1, -0.05) is 26.2 Å². The minimum atomic E-state index is 0.713. The van der Waals surface area contributed by atoms with Gasteiger partial charge in [-0.05, 0) is 25.2 Å². The molecule has 2 heterocycles. The first-order valence-electron chi connectivity index (χ1n) is 8.72. The van der Waals surface area contributed by atoms with Crippen LogP contribution < -0.4 is 5.32 Å². The monoisotopic (exact) mass is 307 g/mol. The molecule has 2 aliphatic rings. The van der Waals surface area contributed by atoms with Gasteiger partial charge in [0, 0.05) is 49.7 Å². The Kier molecular flexibility index (Phi) is 5.67. The summed E-state index contributed by atoms with van der Waals surface area (Å²) in [7, 11) is 0. The van der Waals surface area contributed by atoms with Crippen LogP contribution >= 0.6 is 11.3 Å². The third kappa shape index (κ3) is 4.05. The molecule has 1 aromatic rings. The Morgan fingerprint density at radius 2 is 2.19 bits per heavy atom. The van der Waals surface area contributed by atoms with Crippen molar-refractivity contribution in [1.29, 1.82) is 0 Å². The van der Waals surface area contributed by atoms with Gasteiger partial charge in [0.05, 0.1) is 5.01 Å². The lowest BCUT2D eigenvalue weighted by molar-refractivity contribution is 0.0946. The van der Waals surface area contributed by atoms with Gasteiger partial charge in [-0.3, -0.25) is 4.90 Å². The van der Waals surface area contributed by atoms with E-state index in [9.17, 15) is 0 Å². The number of nitrogens with one attached hydrogen (secondary N) is 1. The number of hydrogen-bond donors (Lipinski definition) is 1. The van der Waals surface area contributed by atoms with Crippen molar-refractivity contribution >= 4 is 11.3 Å². The van der Waals surface area contributed by atoms with Crippen molar-refractivity contribution in [3.05, 3.63) is 16.6 Å². The summed E-state index contributed by atoms with van der Waals surface area (Å²) in [6.45, 7) is 5.92. The van der Waals surface area contributed by atoms with Crippen LogP contribution in [-0.2, 0) is 6.42 Å². The summed E-state index contributed by atoms with van der Waals surface area (Å²) in [6, 6.07) is 1.44. The summed E-state index contributed by atoms with van der Waals surface area (Å²) >= 11 is 1.80. The predicted octanol–water partition coefficient (Wildman–Crippen LogP) is 3.32. The first-order valence-corrected chi connectivity index (χ1v) is 9.60. The molecular weight excluding hydrogens is 278 g/mol. The Balaban J connectivity index is 1.55.